The number of hydrogen-bond donors (Lipinski definition) is 1. The topological polar surface area (TPSA) is 72.3 Å². The van der Waals surface area contributed by atoms with Gasteiger partial charge in [-0.05, 0) is 53.5 Å². The van der Waals surface area contributed by atoms with Gasteiger partial charge in [0.25, 0.3) is 5.82 Å². The highest BCUT2D eigenvalue weighted by atomic mass is 32.1. The highest BCUT2D eigenvalue weighted by Gasteiger charge is 2.37. The van der Waals surface area contributed by atoms with Crippen LogP contribution in [0, 0.1) is 4.77 Å². The Balaban J connectivity index is 1.74. The zero-order valence-corrected chi connectivity index (χ0v) is 14.4. The molecule has 0 bridgehead atoms. The molecule has 3 aromatic rings. The summed E-state index contributed by atoms with van der Waals surface area (Å²) >= 11 is 5.99. The van der Waals surface area contributed by atoms with E-state index in [1.54, 1.807) is 17.5 Å². The average molecular weight is 398 g/mol. The lowest BCUT2D eigenvalue weighted by atomic mass is 10.2. The van der Waals surface area contributed by atoms with Crippen LogP contribution in [0.1, 0.15) is 21.1 Å². The quantitative estimate of drug-likeness (QED) is 0.311. The number of carbonyl (C=O) groups excluding carboxylic acids is 1. The van der Waals surface area contributed by atoms with Crippen molar-refractivity contribution in [3.05, 3.63) is 62.8 Å². The number of benzene rings is 1. The van der Waals surface area contributed by atoms with E-state index >= 15 is 0 Å². The van der Waals surface area contributed by atoms with Gasteiger partial charge in [0, 0.05) is 0 Å². The Labute approximate surface area is 153 Å². The number of carbonyl (C=O) groups is 1. The Kier molecular flexibility index (Phi) is 5.00. The first-order valence-corrected chi connectivity index (χ1v) is 8.28. The van der Waals surface area contributed by atoms with E-state index in [0.29, 0.717) is 20.9 Å². The molecular formula is C15H9F3N4O2S2. The van der Waals surface area contributed by atoms with Gasteiger partial charge in [0.1, 0.15) is 10.6 Å². The van der Waals surface area contributed by atoms with Crippen LogP contribution in [-0.4, -0.2) is 27.1 Å². The van der Waals surface area contributed by atoms with Crippen LogP contribution in [0.5, 0.6) is 5.75 Å². The summed E-state index contributed by atoms with van der Waals surface area (Å²) in [6.45, 7) is 0. The lowest BCUT2D eigenvalue weighted by Crippen LogP contribution is -2.12. The van der Waals surface area contributed by atoms with Gasteiger partial charge in [0.15, 0.2) is 0 Å². The Morgan fingerprint density at radius 2 is 2.04 bits per heavy atom. The van der Waals surface area contributed by atoms with Crippen molar-refractivity contribution >= 4 is 35.7 Å². The monoisotopic (exact) mass is 398 g/mol. The Hall–Kier alpha value is -2.79. The first-order chi connectivity index (χ1) is 12.3. The van der Waals surface area contributed by atoms with E-state index in [1.807, 2.05) is 0 Å². The minimum absolute atomic E-state index is 0.282. The van der Waals surface area contributed by atoms with E-state index in [1.165, 1.54) is 41.8 Å². The molecule has 0 saturated heterocycles. The molecule has 3 rings (SSSR count). The first-order valence-electron chi connectivity index (χ1n) is 6.99. The predicted octanol–water partition coefficient (Wildman–Crippen LogP) is 4.12. The first kappa shape index (κ1) is 18.0. The van der Waals surface area contributed by atoms with Crippen molar-refractivity contribution in [3.8, 4) is 5.75 Å². The number of ether oxygens (including phenoxy) is 1. The number of aromatic amines is 1. The van der Waals surface area contributed by atoms with Gasteiger partial charge in [-0.25, -0.2) is 9.89 Å². The van der Waals surface area contributed by atoms with Gasteiger partial charge in [0.2, 0.25) is 4.77 Å². The molecule has 0 unspecified atom stereocenters. The SMILES string of the molecule is O=C(Oc1ccc(/C=N\n2c(C(F)(F)F)n[nH]c2=S)cc1)c1cccs1. The molecule has 0 amide bonds. The maximum Gasteiger partial charge on any atom is 0.453 e. The van der Waals surface area contributed by atoms with E-state index in [0.717, 1.165) is 0 Å². The van der Waals surface area contributed by atoms with Crippen LogP contribution in [0.2, 0.25) is 0 Å². The Bertz CT molecular complexity index is 989. The second-order valence-electron chi connectivity index (χ2n) is 4.84. The van der Waals surface area contributed by atoms with Crippen LogP contribution in [0.4, 0.5) is 13.2 Å². The fourth-order valence-corrected chi connectivity index (χ4v) is 2.66. The molecule has 2 aromatic heterocycles. The summed E-state index contributed by atoms with van der Waals surface area (Å²) in [5, 5.41) is 10.6. The summed E-state index contributed by atoms with van der Waals surface area (Å²) in [5.74, 6) is -1.43. The molecule has 26 heavy (non-hydrogen) atoms. The third-order valence-electron chi connectivity index (χ3n) is 3.04. The van der Waals surface area contributed by atoms with Crippen molar-refractivity contribution in [2.45, 2.75) is 6.18 Å². The second kappa shape index (κ2) is 7.22. The second-order valence-corrected chi connectivity index (χ2v) is 6.18. The highest BCUT2D eigenvalue weighted by molar-refractivity contribution is 7.71. The maximum atomic E-state index is 12.8. The van der Waals surface area contributed by atoms with Gasteiger partial charge >= 0.3 is 12.1 Å². The fraction of sp³-hybridized carbons (Fsp3) is 0.0667. The fourth-order valence-electron chi connectivity index (χ4n) is 1.88. The molecule has 0 radical (unpaired) electrons. The molecule has 1 N–H and O–H groups in total. The molecule has 0 atom stereocenters. The van der Waals surface area contributed by atoms with Crippen molar-refractivity contribution in [1.29, 1.82) is 0 Å². The summed E-state index contributed by atoms with van der Waals surface area (Å²) < 4.78 is 43.8. The molecule has 0 aliphatic carbocycles. The maximum absolute atomic E-state index is 12.8. The molecule has 0 fully saturated rings. The summed E-state index contributed by atoms with van der Waals surface area (Å²) in [7, 11) is 0. The molecule has 0 spiro atoms. The molecule has 0 saturated carbocycles. The zero-order chi connectivity index (χ0) is 18.7. The number of aromatic nitrogens is 3. The van der Waals surface area contributed by atoms with E-state index in [9.17, 15) is 18.0 Å². The summed E-state index contributed by atoms with van der Waals surface area (Å²) in [6.07, 6.45) is -3.50. The van der Waals surface area contributed by atoms with Crippen molar-refractivity contribution in [1.82, 2.24) is 14.9 Å². The minimum atomic E-state index is -4.69. The molecule has 0 aliphatic heterocycles. The number of nitrogens with one attached hydrogen (secondary N) is 1. The number of nitrogens with zero attached hydrogens (tertiary/aromatic N) is 3. The van der Waals surface area contributed by atoms with E-state index < -0.39 is 18.0 Å². The lowest BCUT2D eigenvalue weighted by Gasteiger charge is -2.04. The van der Waals surface area contributed by atoms with Crippen LogP contribution >= 0.6 is 23.6 Å². The van der Waals surface area contributed by atoms with Crippen LogP contribution in [0.15, 0.2) is 46.9 Å². The predicted molar refractivity (Wildman–Crippen MR) is 91.1 cm³/mol. The van der Waals surface area contributed by atoms with Gasteiger partial charge in [-0.15, -0.1) is 16.4 Å². The van der Waals surface area contributed by atoms with E-state index in [-0.39, 0.29) is 4.77 Å². The Morgan fingerprint density at radius 3 is 2.65 bits per heavy atom. The van der Waals surface area contributed by atoms with Crippen molar-refractivity contribution in [2.75, 3.05) is 0 Å². The number of esters is 1. The third-order valence-corrected chi connectivity index (χ3v) is 4.15. The van der Waals surface area contributed by atoms with E-state index in [2.05, 4.69) is 15.3 Å². The lowest BCUT2D eigenvalue weighted by molar-refractivity contribution is -0.147. The van der Waals surface area contributed by atoms with Crippen LogP contribution in [0.3, 0.4) is 0 Å². The van der Waals surface area contributed by atoms with E-state index in [4.69, 9.17) is 17.0 Å². The van der Waals surface area contributed by atoms with Gasteiger partial charge in [-0.3, -0.25) is 0 Å². The zero-order valence-electron chi connectivity index (χ0n) is 12.7. The van der Waals surface area contributed by atoms with Crippen molar-refractivity contribution in [2.24, 2.45) is 5.10 Å². The van der Waals surface area contributed by atoms with Gasteiger partial charge in [-0.2, -0.15) is 22.9 Å². The number of rotatable bonds is 4. The molecule has 0 aliphatic rings. The normalized spacial score (nSPS) is 11.8. The van der Waals surface area contributed by atoms with Gasteiger partial charge in [0.05, 0.1) is 6.21 Å². The largest absolute Gasteiger partial charge is 0.453 e. The number of halogens is 3. The average Bonchev–Trinajstić information content (AvgIpc) is 3.23. The van der Waals surface area contributed by atoms with Crippen LogP contribution in [0.25, 0.3) is 0 Å². The summed E-state index contributed by atoms with van der Waals surface area (Å²) in [4.78, 5) is 12.3. The molecule has 6 nitrogen and oxygen atoms in total. The third kappa shape index (κ3) is 4.06. The number of thiophene rings is 1. The minimum Gasteiger partial charge on any atom is -0.422 e. The smallest absolute Gasteiger partial charge is 0.422 e. The molecule has 1 aromatic carbocycles. The van der Waals surface area contributed by atoms with Crippen molar-refractivity contribution < 1.29 is 22.7 Å². The van der Waals surface area contributed by atoms with Crippen LogP contribution in [-0.2, 0) is 6.18 Å². The standard InChI is InChI=1S/C15H9F3N4O2S2/c16-15(17,18)13-20-21-14(25)22(13)19-8-9-3-5-10(6-4-9)24-12(23)11-2-1-7-26-11/h1-8H,(H,21,25)/b19-8-. The van der Waals surface area contributed by atoms with Gasteiger partial charge < -0.3 is 4.74 Å². The summed E-state index contributed by atoms with van der Waals surface area (Å²) in [5.41, 5.74) is 0.483. The molecule has 2 heterocycles. The van der Waals surface area contributed by atoms with Crippen molar-refractivity contribution in [3.63, 3.8) is 0 Å². The summed E-state index contributed by atoms with van der Waals surface area (Å²) in [6, 6.07) is 9.46. The number of alkyl halides is 3. The molecule has 11 heteroatoms. The van der Waals surface area contributed by atoms with Crippen LogP contribution < -0.4 is 4.74 Å². The molecule has 134 valence electrons. The highest BCUT2D eigenvalue weighted by Crippen LogP contribution is 2.27. The molecular weight excluding hydrogens is 389 g/mol. The van der Waals surface area contributed by atoms with Gasteiger partial charge in [-0.1, -0.05) is 6.07 Å². The number of hydrogen-bond acceptors (Lipinski definition) is 6. The Morgan fingerprint density at radius 1 is 1.31 bits per heavy atom. The number of H-pyrrole nitrogens is 1.